The van der Waals surface area contributed by atoms with Gasteiger partial charge in [0, 0.05) is 26.0 Å². The number of pyridine rings is 1. The number of nitrogens with zero attached hydrogens (tertiary/aromatic N) is 1. The van der Waals surface area contributed by atoms with Crippen molar-refractivity contribution in [2.24, 2.45) is 0 Å². The molecular weight excluding hydrogens is 338 g/mol. The zero-order chi connectivity index (χ0) is 14.7. The van der Waals surface area contributed by atoms with E-state index in [0.29, 0.717) is 17.9 Å². The molecule has 0 spiro atoms. The molecule has 0 radical (unpaired) electrons. The van der Waals surface area contributed by atoms with Crippen LogP contribution in [-0.4, -0.2) is 10.9 Å². The van der Waals surface area contributed by atoms with Crippen LogP contribution in [0.1, 0.15) is 40.7 Å². The average Bonchev–Trinajstić information content (AvgIpc) is 2.81. The lowest BCUT2D eigenvalue weighted by atomic mass is 10.1. The van der Waals surface area contributed by atoms with Crippen LogP contribution in [0.15, 0.2) is 28.1 Å². The quantitative estimate of drug-likeness (QED) is 0.883. The number of carbonyl (C=O) groups excluding carboxylic acids is 1. The fourth-order valence-electron chi connectivity index (χ4n) is 1.72. The Kier molecular flexibility index (Phi) is 4.77. The number of nitrogens with two attached hydrogens (primary N) is 1. The Labute approximate surface area is 130 Å². The number of carbonyl (C=O) groups is 1. The third-order valence-electron chi connectivity index (χ3n) is 2.76. The first-order valence-electron chi connectivity index (χ1n) is 6.24. The van der Waals surface area contributed by atoms with Gasteiger partial charge >= 0.3 is 0 Å². The van der Waals surface area contributed by atoms with Crippen molar-refractivity contribution in [2.75, 3.05) is 5.73 Å². The van der Waals surface area contributed by atoms with E-state index in [4.69, 9.17) is 5.73 Å². The zero-order valence-electron chi connectivity index (χ0n) is 11.3. The highest BCUT2D eigenvalue weighted by atomic mass is 79.9. The highest BCUT2D eigenvalue weighted by Crippen LogP contribution is 2.20. The predicted octanol–water partition coefficient (Wildman–Crippen LogP) is 3.54. The second-order valence-corrected chi connectivity index (χ2v) is 6.69. The largest absolute Gasteiger partial charge is 0.384 e. The second-order valence-electron chi connectivity index (χ2n) is 4.77. The minimum Gasteiger partial charge on any atom is -0.384 e. The van der Waals surface area contributed by atoms with Crippen LogP contribution in [0.25, 0.3) is 0 Å². The molecule has 0 aliphatic carbocycles. The summed E-state index contributed by atoms with van der Waals surface area (Å²) in [5.74, 6) is 0.476. The maximum atomic E-state index is 12.2. The Hall–Kier alpha value is -1.40. The highest BCUT2D eigenvalue weighted by Gasteiger charge is 2.11. The first-order chi connectivity index (χ1) is 9.45. The van der Waals surface area contributed by atoms with E-state index in [0.717, 1.165) is 15.0 Å². The third kappa shape index (κ3) is 3.80. The van der Waals surface area contributed by atoms with Gasteiger partial charge in [0.05, 0.1) is 6.54 Å². The summed E-state index contributed by atoms with van der Waals surface area (Å²) in [6.45, 7) is 4.55. The van der Waals surface area contributed by atoms with Crippen LogP contribution in [0.4, 0.5) is 5.82 Å². The molecule has 0 saturated heterocycles. The maximum absolute atomic E-state index is 12.2. The van der Waals surface area contributed by atoms with Gasteiger partial charge in [-0.15, -0.1) is 11.3 Å². The van der Waals surface area contributed by atoms with Crippen molar-refractivity contribution in [1.82, 2.24) is 10.3 Å². The van der Waals surface area contributed by atoms with E-state index >= 15 is 0 Å². The Balaban J connectivity index is 2.09. The van der Waals surface area contributed by atoms with Crippen molar-refractivity contribution in [1.29, 1.82) is 0 Å². The molecule has 4 nitrogen and oxygen atoms in total. The Morgan fingerprint density at radius 2 is 2.20 bits per heavy atom. The van der Waals surface area contributed by atoms with Crippen LogP contribution in [0.3, 0.4) is 0 Å². The molecule has 0 aliphatic rings. The smallest absolute Gasteiger partial charge is 0.251 e. The number of nitrogen functional groups attached to an aromatic ring is 1. The number of nitrogens with one attached hydrogen (secondary N) is 1. The topological polar surface area (TPSA) is 68.0 Å². The fraction of sp³-hybridized carbons (Fsp3) is 0.286. The van der Waals surface area contributed by atoms with E-state index in [9.17, 15) is 4.79 Å². The summed E-state index contributed by atoms with van der Waals surface area (Å²) in [5.41, 5.74) is 7.13. The van der Waals surface area contributed by atoms with Crippen molar-refractivity contribution < 1.29 is 4.79 Å². The molecule has 0 saturated carbocycles. The molecule has 3 N–H and O–H groups in total. The summed E-state index contributed by atoms with van der Waals surface area (Å²) < 4.78 is 1.03. The summed E-state index contributed by atoms with van der Waals surface area (Å²) in [7, 11) is 0. The van der Waals surface area contributed by atoms with Crippen molar-refractivity contribution in [2.45, 2.75) is 26.3 Å². The molecule has 0 aromatic carbocycles. The molecule has 2 heterocycles. The predicted molar refractivity (Wildman–Crippen MR) is 85.9 cm³/mol. The van der Waals surface area contributed by atoms with Crippen molar-refractivity contribution in [3.8, 4) is 0 Å². The zero-order valence-corrected chi connectivity index (χ0v) is 13.7. The number of rotatable bonds is 4. The van der Waals surface area contributed by atoms with E-state index in [1.54, 1.807) is 23.5 Å². The summed E-state index contributed by atoms with van der Waals surface area (Å²) >= 11 is 4.99. The third-order valence-corrected chi connectivity index (χ3v) is 4.46. The first kappa shape index (κ1) is 15.0. The van der Waals surface area contributed by atoms with E-state index in [1.165, 1.54) is 0 Å². The number of hydrogen-bond donors (Lipinski definition) is 2. The number of aromatic nitrogens is 1. The van der Waals surface area contributed by atoms with Gasteiger partial charge in [-0.1, -0.05) is 13.8 Å². The van der Waals surface area contributed by atoms with E-state index in [1.807, 2.05) is 25.3 Å². The van der Waals surface area contributed by atoms with Crippen molar-refractivity contribution >= 4 is 39.0 Å². The molecular formula is C14H16BrN3OS. The maximum Gasteiger partial charge on any atom is 0.251 e. The van der Waals surface area contributed by atoms with Crippen LogP contribution in [0.2, 0.25) is 0 Å². The monoisotopic (exact) mass is 353 g/mol. The minimum atomic E-state index is -0.134. The summed E-state index contributed by atoms with van der Waals surface area (Å²) in [6, 6.07) is 5.39. The molecule has 2 aromatic rings. The molecule has 2 aromatic heterocycles. The van der Waals surface area contributed by atoms with E-state index < -0.39 is 0 Å². The van der Waals surface area contributed by atoms with Crippen LogP contribution in [0.5, 0.6) is 0 Å². The van der Waals surface area contributed by atoms with Gasteiger partial charge in [-0.05, 0) is 40.0 Å². The van der Waals surface area contributed by atoms with Crippen LogP contribution < -0.4 is 11.1 Å². The van der Waals surface area contributed by atoms with Crippen molar-refractivity contribution in [3.63, 3.8) is 0 Å². The van der Waals surface area contributed by atoms with Crippen LogP contribution in [0, 0.1) is 0 Å². The van der Waals surface area contributed by atoms with E-state index in [2.05, 4.69) is 26.2 Å². The molecule has 20 heavy (non-hydrogen) atoms. The summed E-state index contributed by atoms with van der Waals surface area (Å²) in [5, 5.41) is 4.88. The Bertz CT molecular complexity index is 625. The Morgan fingerprint density at radius 1 is 1.45 bits per heavy atom. The molecule has 2 rings (SSSR count). The van der Waals surface area contributed by atoms with Gasteiger partial charge in [-0.25, -0.2) is 4.98 Å². The van der Waals surface area contributed by atoms with Gasteiger partial charge in [-0.2, -0.15) is 0 Å². The lowest BCUT2D eigenvalue weighted by Gasteiger charge is -2.09. The van der Waals surface area contributed by atoms with Crippen LogP contribution >= 0.6 is 27.3 Å². The minimum absolute atomic E-state index is 0.134. The summed E-state index contributed by atoms with van der Waals surface area (Å²) in [6.07, 6.45) is 0. The van der Waals surface area contributed by atoms with Gasteiger partial charge in [0.2, 0.25) is 0 Å². The molecule has 106 valence electrons. The van der Waals surface area contributed by atoms with Gasteiger partial charge < -0.3 is 11.1 Å². The number of anilines is 1. The number of amides is 1. The van der Waals surface area contributed by atoms with Gasteiger partial charge in [0.15, 0.2) is 0 Å². The molecule has 6 heteroatoms. The SMILES string of the molecule is CC(C)c1cc(C(=O)NCc2cc(Br)cs2)cc(N)n1. The number of hydrogen-bond acceptors (Lipinski definition) is 4. The van der Waals surface area contributed by atoms with Crippen molar-refractivity contribution in [3.05, 3.63) is 44.2 Å². The summed E-state index contributed by atoms with van der Waals surface area (Å²) in [4.78, 5) is 17.5. The lowest BCUT2D eigenvalue weighted by Crippen LogP contribution is -2.23. The fourth-order valence-corrected chi connectivity index (χ4v) is 3.11. The van der Waals surface area contributed by atoms with Crippen LogP contribution in [-0.2, 0) is 6.54 Å². The molecule has 0 unspecified atom stereocenters. The van der Waals surface area contributed by atoms with Gasteiger partial charge in [0.1, 0.15) is 5.82 Å². The number of halogens is 1. The molecule has 0 fully saturated rings. The highest BCUT2D eigenvalue weighted by molar-refractivity contribution is 9.10. The Morgan fingerprint density at radius 3 is 2.80 bits per heavy atom. The standard InChI is InChI=1S/C14H16BrN3OS/c1-8(2)12-3-9(4-13(16)18-12)14(19)17-6-11-5-10(15)7-20-11/h3-5,7-8H,6H2,1-2H3,(H2,16,18)(H,17,19). The normalized spacial score (nSPS) is 10.8. The van der Waals surface area contributed by atoms with Gasteiger partial charge in [0.25, 0.3) is 5.91 Å². The molecule has 0 aliphatic heterocycles. The average molecular weight is 354 g/mol. The molecule has 0 bridgehead atoms. The lowest BCUT2D eigenvalue weighted by molar-refractivity contribution is 0.0951. The van der Waals surface area contributed by atoms with E-state index in [-0.39, 0.29) is 11.8 Å². The molecule has 1 amide bonds. The van der Waals surface area contributed by atoms with Gasteiger partial charge in [-0.3, -0.25) is 4.79 Å². The number of thiophene rings is 1. The molecule has 0 atom stereocenters. The second kappa shape index (κ2) is 6.37. The first-order valence-corrected chi connectivity index (χ1v) is 7.91.